The zero-order valence-electron chi connectivity index (χ0n) is 5.06. The Morgan fingerprint density at radius 1 is 1.30 bits per heavy atom. The summed E-state index contributed by atoms with van der Waals surface area (Å²) in [7, 11) is 0.969. The summed E-state index contributed by atoms with van der Waals surface area (Å²) in [6.45, 7) is -2.00. The van der Waals surface area contributed by atoms with Gasteiger partial charge >= 0.3 is 0 Å². The second-order valence-corrected chi connectivity index (χ2v) is 4.70. The van der Waals surface area contributed by atoms with E-state index < -0.39 is 34.1 Å². The minimum Gasteiger partial charge on any atom is -0.251 e. The van der Waals surface area contributed by atoms with Crippen LogP contribution >= 0.6 is 10.7 Å². The van der Waals surface area contributed by atoms with Crippen molar-refractivity contribution < 1.29 is 17.2 Å². The van der Waals surface area contributed by atoms with E-state index in [1.807, 2.05) is 0 Å². The van der Waals surface area contributed by atoms with Gasteiger partial charge in [0.2, 0.25) is 9.05 Å². The molecule has 0 atom stereocenters. The molecule has 0 unspecified atom stereocenters. The Morgan fingerprint density at radius 2 is 1.70 bits per heavy atom. The SMILES string of the molecule is O=S(=O)(Cl)CC(CF)CF. The average molecular weight is 193 g/mol. The standard InChI is InChI=1S/C4H7ClF2O2S/c5-10(8,9)3-4(1-6)2-7/h4H,1-3H2. The second-order valence-electron chi connectivity index (χ2n) is 1.88. The van der Waals surface area contributed by atoms with Crippen LogP contribution in [-0.2, 0) is 9.05 Å². The number of halogens is 3. The largest absolute Gasteiger partial charge is 0.251 e. The molecule has 0 rings (SSSR count). The summed E-state index contributed by atoms with van der Waals surface area (Å²) in [5, 5.41) is 0. The summed E-state index contributed by atoms with van der Waals surface area (Å²) < 4.78 is 43.6. The van der Waals surface area contributed by atoms with Crippen LogP contribution in [-0.4, -0.2) is 27.5 Å². The molecule has 0 fully saturated rings. The Hall–Kier alpha value is 0.1000. The summed E-state index contributed by atoms with van der Waals surface area (Å²) >= 11 is 0. The molecule has 0 spiro atoms. The van der Waals surface area contributed by atoms with Gasteiger partial charge in [-0.2, -0.15) is 0 Å². The maximum absolute atomic E-state index is 11.6. The van der Waals surface area contributed by atoms with Crippen LogP contribution in [0.15, 0.2) is 0 Å². The maximum atomic E-state index is 11.6. The summed E-state index contributed by atoms with van der Waals surface area (Å²) in [5.74, 6) is -1.75. The number of hydrogen-bond acceptors (Lipinski definition) is 2. The predicted molar refractivity (Wildman–Crippen MR) is 35.1 cm³/mol. The van der Waals surface area contributed by atoms with Crippen LogP contribution < -0.4 is 0 Å². The quantitative estimate of drug-likeness (QED) is 0.626. The molecule has 10 heavy (non-hydrogen) atoms. The lowest BCUT2D eigenvalue weighted by molar-refractivity contribution is 0.310. The fourth-order valence-corrected chi connectivity index (χ4v) is 1.69. The molecule has 0 aliphatic rings. The molecule has 0 saturated carbocycles. The lowest BCUT2D eigenvalue weighted by Gasteiger charge is -2.03. The van der Waals surface area contributed by atoms with E-state index >= 15 is 0 Å². The van der Waals surface area contributed by atoms with Gasteiger partial charge in [0, 0.05) is 16.6 Å². The maximum Gasteiger partial charge on any atom is 0.233 e. The van der Waals surface area contributed by atoms with Gasteiger partial charge in [-0.05, 0) is 0 Å². The van der Waals surface area contributed by atoms with Gasteiger partial charge in [0.05, 0.1) is 19.1 Å². The lowest BCUT2D eigenvalue weighted by Crippen LogP contribution is -2.15. The molecule has 0 heterocycles. The van der Waals surface area contributed by atoms with Crippen LogP contribution in [0.1, 0.15) is 0 Å². The zero-order chi connectivity index (χ0) is 8.20. The van der Waals surface area contributed by atoms with Crippen molar-refractivity contribution in [1.82, 2.24) is 0 Å². The molecule has 0 aliphatic carbocycles. The molecule has 0 aromatic heterocycles. The van der Waals surface area contributed by atoms with Gasteiger partial charge in [-0.15, -0.1) is 0 Å². The molecule has 0 aliphatic heterocycles. The zero-order valence-corrected chi connectivity index (χ0v) is 6.63. The minimum atomic E-state index is -3.76. The van der Waals surface area contributed by atoms with Gasteiger partial charge in [-0.1, -0.05) is 0 Å². The fourth-order valence-electron chi connectivity index (χ4n) is 0.412. The molecule has 0 radical (unpaired) electrons. The molecule has 0 aromatic carbocycles. The third-order valence-electron chi connectivity index (χ3n) is 0.871. The molecule has 0 bridgehead atoms. The smallest absolute Gasteiger partial charge is 0.233 e. The van der Waals surface area contributed by atoms with E-state index in [0.29, 0.717) is 0 Å². The first kappa shape index (κ1) is 10.1. The van der Waals surface area contributed by atoms with E-state index in [-0.39, 0.29) is 0 Å². The molecule has 6 heteroatoms. The van der Waals surface area contributed by atoms with Gasteiger partial charge in [-0.3, -0.25) is 8.78 Å². The topological polar surface area (TPSA) is 34.1 Å². The molecule has 2 nitrogen and oxygen atoms in total. The Balaban J connectivity index is 3.87. The number of hydrogen-bond donors (Lipinski definition) is 0. The van der Waals surface area contributed by atoms with Gasteiger partial charge in [0.15, 0.2) is 0 Å². The van der Waals surface area contributed by atoms with Crippen LogP contribution in [0.2, 0.25) is 0 Å². The van der Waals surface area contributed by atoms with E-state index in [1.165, 1.54) is 0 Å². The Kier molecular flexibility index (Phi) is 4.12. The highest BCUT2D eigenvalue weighted by molar-refractivity contribution is 8.13. The highest BCUT2D eigenvalue weighted by Crippen LogP contribution is 2.07. The first-order valence-electron chi connectivity index (χ1n) is 2.54. The Bertz CT molecular complexity index is 176. The summed E-state index contributed by atoms with van der Waals surface area (Å²) in [5.41, 5.74) is 0. The number of rotatable bonds is 4. The minimum absolute atomic E-state index is 0.637. The monoisotopic (exact) mass is 192 g/mol. The normalized spacial score (nSPS) is 12.4. The van der Waals surface area contributed by atoms with Crippen LogP contribution in [0.4, 0.5) is 8.78 Å². The van der Waals surface area contributed by atoms with Crippen LogP contribution in [0.25, 0.3) is 0 Å². The van der Waals surface area contributed by atoms with Crippen LogP contribution in [0, 0.1) is 5.92 Å². The Labute approximate surface area is 62.6 Å². The highest BCUT2D eigenvalue weighted by Gasteiger charge is 2.16. The summed E-state index contributed by atoms with van der Waals surface area (Å²) in [6, 6.07) is 0. The van der Waals surface area contributed by atoms with Crippen LogP contribution in [0.3, 0.4) is 0 Å². The van der Waals surface area contributed by atoms with Crippen molar-refractivity contribution in [2.75, 3.05) is 19.1 Å². The third-order valence-corrected chi connectivity index (χ3v) is 2.12. The summed E-state index contributed by atoms with van der Waals surface area (Å²) in [4.78, 5) is 0. The second kappa shape index (κ2) is 4.08. The van der Waals surface area contributed by atoms with Crippen molar-refractivity contribution in [3.05, 3.63) is 0 Å². The van der Waals surface area contributed by atoms with Crippen molar-refractivity contribution in [2.45, 2.75) is 0 Å². The van der Waals surface area contributed by atoms with Crippen molar-refractivity contribution in [3.63, 3.8) is 0 Å². The van der Waals surface area contributed by atoms with Gasteiger partial charge in [0.1, 0.15) is 0 Å². The van der Waals surface area contributed by atoms with Crippen molar-refractivity contribution >= 4 is 19.7 Å². The van der Waals surface area contributed by atoms with E-state index in [2.05, 4.69) is 0 Å². The molecule has 0 aromatic rings. The van der Waals surface area contributed by atoms with Gasteiger partial charge < -0.3 is 0 Å². The highest BCUT2D eigenvalue weighted by atomic mass is 35.7. The average Bonchev–Trinajstić information content (AvgIpc) is 1.81. The lowest BCUT2D eigenvalue weighted by atomic mass is 10.2. The van der Waals surface area contributed by atoms with E-state index in [0.717, 1.165) is 0 Å². The molecular weight excluding hydrogens is 186 g/mol. The van der Waals surface area contributed by atoms with E-state index in [9.17, 15) is 17.2 Å². The van der Waals surface area contributed by atoms with Crippen LogP contribution in [0.5, 0.6) is 0 Å². The first-order valence-corrected chi connectivity index (χ1v) is 5.01. The van der Waals surface area contributed by atoms with Crippen molar-refractivity contribution in [3.8, 4) is 0 Å². The molecule has 0 N–H and O–H groups in total. The van der Waals surface area contributed by atoms with E-state index in [4.69, 9.17) is 10.7 Å². The fraction of sp³-hybridized carbons (Fsp3) is 1.00. The molecule has 0 amide bonds. The number of alkyl halides is 2. The van der Waals surface area contributed by atoms with Crippen molar-refractivity contribution in [1.29, 1.82) is 0 Å². The van der Waals surface area contributed by atoms with Gasteiger partial charge in [0.25, 0.3) is 0 Å². The van der Waals surface area contributed by atoms with Crippen molar-refractivity contribution in [2.24, 2.45) is 5.92 Å². The molecular formula is C4H7ClF2O2S. The van der Waals surface area contributed by atoms with Gasteiger partial charge in [-0.25, -0.2) is 8.42 Å². The molecule has 0 saturated heterocycles. The Morgan fingerprint density at radius 3 is 1.80 bits per heavy atom. The predicted octanol–water partition coefficient (Wildman–Crippen LogP) is 1.11. The van der Waals surface area contributed by atoms with E-state index in [1.54, 1.807) is 0 Å². The third kappa shape index (κ3) is 4.93. The first-order chi connectivity index (χ1) is 4.49. The molecule has 62 valence electrons. The summed E-state index contributed by atoms with van der Waals surface area (Å²) in [6.07, 6.45) is 0.